The van der Waals surface area contributed by atoms with E-state index in [9.17, 15) is 9.59 Å². The number of methoxy groups -OCH3 is 1. The van der Waals surface area contributed by atoms with Crippen molar-refractivity contribution < 1.29 is 14.3 Å². The fourth-order valence-corrected chi connectivity index (χ4v) is 4.31. The van der Waals surface area contributed by atoms with E-state index in [1.54, 1.807) is 7.11 Å². The highest BCUT2D eigenvalue weighted by molar-refractivity contribution is 6.07. The SMILES string of the molecule is COc1c(C)cc(CN(C)CCN2C(=O)NC3(CCCC3)C2=O)cc1C. The molecule has 0 atom stereocenters. The maximum atomic E-state index is 12.7. The van der Waals surface area contributed by atoms with Crippen molar-refractivity contribution in [3.63, 3.8) is 0 Å². The molecular formula is C20H29N3O3. The van der Waals surface area contributed by atoms with Crippen molar-refractivity contribution >= 4 is 11.9 Å². The number of benzene rings is 1. The topological polar surface area (TPSA) is 61.9 Å². The summed E-state index contributed by atoms with van der Waals surface area (Å²) in [6, 6.07) is 4.02. The number of amides is 3. The predicted molar refractivity (Wildman–Crippen MR) is 100 cm³/mol. The summed E-state index contributed by atoms with van der Waals surface area (Å²) >= 11 is 0. The van der Waals surface area contributed by atoms with Crippen molar-refractivity contribution in [2.24, 2.45) is 0 Å². The van der Waals surface area contributed by atoms with E-state index in [1.807, 2.05) is 20.9 Å². The molecule has 0 bridgehead atoms. The zero-order valence-electron chi connectivity index (χ0n) is 16.2. The molecule has 1 N–H and O–H groups in total. The molecule has 0 radical (unpaired) electrons. The molecule has 1 spiro atoms. The van der Waals surface area contributed by atoms with E-state index in [0.29, 0.717) is 13.1 Å². The van der Waals surface area contributed by atoms with Gasteiger partial charge in [-0.15, -0.1) is 0 Å². The second-order valence-electron chi connectivity index (χ2n) is 7.68. The number of carbonyl (C=O) groups excluding carboxylic acids is 2. The van der Waals surface area contributed by atoms with Gasteiger partial charge in [-0.3, -0.25) is 9.69 Å². The summed E-state index contributed by atoms with van der Waals surface area (Å²) in [5.74, 6) is 0.891. The van der Waals surface area contributed by atoms with Gasteiger partial charge in [0, 0.05) is 19.6 Å². The van der Waals surface area contributed by atoms with Gasteiger partial charge in [0.25, 0.3) is 5.91 Å². The number of urea groups is 1. The zero-order valence-corrected chi connectivity index (χ0v) is 16.2. The van der Waals surface area contributed by atoms with E-state index in [0.717, 1.165) is 49.1 Å². The number of hydrogen-bond donors (Lipinski definition) is 1. The lowest BCUT2D eigenvalue weighted by Crippen LogP contribution is -2.44. The van der Waals surface area contributed by atoms with Crippen LogP contribution in [0.1, 0.15) is 42.4 Å². The summed E-state index contributed by atoms with van der Waals surface area (Å²) in [6.45, 7) is 5.93. The van der Waals surface area contributed by atoms with Gasteiger partial charge in [-0.05, 0) is 50.4 Å². The predicted octanol–water partition coefficient (Wildman–Crippen LogP) is 2.61. The molecule has 3 rings (SSSR count). The lowest BCUT2D eigenvalue weighted by Gasteiger charge is -2.22. The van der Waals surface area contributed by atoms with Crippen molar-refractivity contribution in [1.29, 1.82) is 0 Å². The Morgan fingerprint density at radius 1 is 1.19 bits per heavy atom. The van der Waals surface area contributed by atoms with E-state index in [-0.39, 0.29) is 11.9 Å². The molecule has 26 heavy (non-hydrogen) atoms. The first kappa shape index (κ1) is 18.7. The molecule has 1 heterocycles. The minimum atomic E-state index is -0.611. The monoisotopic (exact) mass is 359 g/mol. The molecule has 0 aromatic heterocycles. The number of nitrogens with zero attached hydrogens (tertiary/aromatic N) is 2. The molecule has 1 aliphatic heterocycles. The lowest BCUT2D eigenvalue weighted by atomic mass is 9.98. The highest BCUT2D eigenvalue weighted by Gasteiger charge is 2.52. The number of carbonyl (C=O) groups is 2. The number of nitrogens with one attached hydrogen (secondary N) is 1. The number of imide groups is 1. The van der Waals surface area contributed by atoms with Crippen LogP contribution < -0.4 is 10.1 Å². The summed E-state index contributed by atoms with van der Waals surface area (Å²) in [6.07, 6.45) is 3.56. The number of hydrogen-bond acceptors (Lipinski definition) is 4. The molecule has 1 aliphatic carbocycles. The van der Waals surface area contributed by atoms with Crippen molar-refractivity contribution in [3.05, 3.63) is 28.8 Å². The van der Waals surface area contributed by atoms with Gasteiger partial charge in [0.15, 0.2) is 0 Å². The first-order chi connectivity index (χ1) is 12.4. The molecule has 3 amide bonds. The highest BCUT2D eigenvalue weighted by Crippen LogP contribution is 2.34. The third-order valence-electron chi connectivity index (χ3n) is 5.59. The van der Waals surface area contributed by atoms with Crippen molar-refractivity contribution in [2.75, 3.05) is 27.2 Å². The molecule has 6 heteroatoms. The van der Waals surface area contributed by atoms with Crippen LogP contribution in [0.5, 0.6) is 5.75 Å². The molecule has 142 valence electrons. The van der Waals surface area contributed by atoms with Crippen LogP contribution in [0.4, 0.5) is 4.79 Å². The van der Waals surface area contributed by atoms with Gasteiger partial charge in [0.2, 0.25) is 0 Å². The molecule has 2 fully saturated rings. The van der Waals surface area contributed by atoms with Crippen LogP contribution in [0, 0.1) is 13.8 Å². The van der Waals surface area contributed by atoms with Crippen LogP contribution >= 0.6 is 0 Å². The average molecular weight is 359 g/mol. The van der Waals surface area contributed by atoms with Crippen LogP contribution in [0.2, 0.25) is 0 Å². The molecule has 1 aromatic rings. The van der Waals surface area contributed by atoms with Gasteiger partial charge >= 0.3 is 6.03 Å². The Morgan fingerprint density at radius 3 is 2.38 bits per heavy atom. The second-order valence-corrected chi connectivity index (χ2v) is 7.68. The van der Waals surface area contributed by atoms with Crippen LogP contribution in [0.15, 0.2) is 12.1 Å². The van der Waals surface area contributed by atoms with Gasteiger partial charge in [-0.25, -0.2) is 4.79 Å². The van der Waals surface area contributed by atoms with Crippen LogP contribution in [0.3, 0.4) is 0 Å². The van der Waals surface area contributed by atoms with Gasteiger partial charge in [0.05, 0.1) is 7.11 Å². The summed E-state index contributed by atoms with van der Waals surface area (Å²) in [5, 5.41) is 2.94. The Hall–Kier alpha value is -2.08. The second kappa shape index (κ2) is 7.27. The number of ether oxygens (including phenoxy) is 1. The standard InChI is InChI=1S/C20H29N3O3/c1-14-11-16(12-15(2)17(14)26-4)13-22(3)9-10-23-18(24)20(21-19(23)25)7-5-6-8-20/h11-12H,5-10,13H2,1-4H3,(H,21,25). The number of aryl methyl sites for hydroxylation is 2. The van der Waals surface area contributed by atoms with Crippen molar-refractivity contribution in [1.82, 2.24) is 15.1 Å². The Labute approximate surface area is 155 Å². The molecule has 0 unspecified atom stereocenters. The quantitative estimate of drug-likeness (QED) is 0.793. The Kier molecular flexibility index (Phi) is 5.23. The number of rotatable bonds is 6. The zero-order chi connectivity index (χ0) is 18.9. The Bertz CT molecular complexity index is 687. The minimum Gasteiger partial charge on any atom is -0.496 e. The Balaban J connectivity index is 1.58. The lowest BCUT2D eigenvalue weighted by molar-refractivity contribution is -0.131. The molecular weight excluding hydrogens is 330 g/mol. The number of likely N-dealkylation sites (N-methyl/N-ethyl adjacent to an activating group) is 1. The summed E-state index contributed by atoms with van der Waals surface area (Å²) in [5.41, 5.74) is 2.83. The Morgan fingerprint density at radius 2 is 1.81 bits per heavy atom. The van der Waals surface area contributed by atoms with E-state index in [1.165, 1.54) is 10.5 Å². The molecule has 1 saturated heterocycles. The van der Waals surface area contributed by atoms with Crippen LogP contribution in [-0.2, 0) is 11.3 Å². The van der Waals surface area contributed by atoms with Crippen LogP contribution in [0.25, 0.3) is 0 Å². The van der Waals surface area contributed by atoms with Crippen molar-refractivity contribution in [2.45, 2.75) is 51.6 Å². The van der Waals surface area contributed by atoms with Gasteiger partial charge in [0.1, 0.15) is 11.3 Å². The summed E-state index contributed by atoms with van der Waals surface area (Å²) < 4.78 is 5.42. The van der Waals surface area contributed by atoms with E-state index in [4.69, 9.17) is 4.74 Å². The first-order valence-corrected chi connectivity index (χ1v) is 9.33. The van der Waals surface area contributed by atoms with Crippen molar-refractivity contribution in [3.8, 4) is 5.75 Å². The van der Waals surface area contributed by atoms with Gasteiger partial charge in [-0.2, -0.15) is 0 Å². The average Bonchev–Trinajstić information content (AvgIpc) is 3.12. The third kappa shape index (κ3) is 3.43. The molecule has 2 aliphatic rings. The first-order valence-electron chi connectivity index (χ1n) is 9.33. The maximum Gasteiger partial charge on any atom is 0.325 e. The summed E-state index contributed by atoms with van der Waals surface area (Å²) in [7, 11) is 3.70. The van der Waals surface area contributed by atoms with E-state index in [2.05, 4.69) is 22.3 Å². The maximum absolute atomic E-state index is 12.7. The normalized spacial score (nSPS) is 18.9. The van der Waals surface area contributed by atoms with E-state index < -0.39 is 5.54 Å². The minimum absolute atomic E-state index is 0.0375. The highest BCUT2D eigenvalue weighted by atomic mass is 16.5. The summed E-state index contributed by atoms with van der Waals surface area (Å²) in [4.78, 5) is 28.5. The third-order valence-corrected chi connectivity index (χ3v) is 5.59. The fraction of sp³-hybridized carbons (Fsp3) is 0.600. The largest absolute Gasteiger partial charge is 0.496 e. The fourth-order valence-electron chi connectivity index (χ4n) is 4.31. The van der Waals surface area contributed by atoms with Crippen LogP contribution in [-0.4, -0.2) is 54.5 Å². The van der Waals surface area contributed by atoms with Gasteiger partial charge in [-0.1, -0.05) is 25.0 Å². The molecule has 1 aromatic carbocycles. The molecule has 1 saturated carbocycles. The molecule has 6 nitrogen and oxygen atoms in total. The smallest absolute Gasteiger partial charge is 0.325 e. The van der Waals surface area contributed by atoms with Gasteiger partial charge < -0.3 is 15.0 Å². The van der Waals surface area contributed by atoms with E-state index >= 15 is 0 Å².